The summed E-state index contributed by atoms with van der Waals surface area (Å²) in [6.45, 7) is 0. The Hall–Kier alpha value is -2.67. The van der Waals surface area contributed by atoms with Gasteiger partial charge < -0.3 is 16.8 Å². The third-order valence-corrected chi connectivity index (χ3v) is 4.65. The molecule has 1 aliphatic rings. The van der Waals surface area contributed by atoms with E-state index in [9.17, 15) is 0 Å². The Morgan fingerprint density at radius 1 is 1.12 bits per heavy atom. The van der Waals surface area contributed by atoms with Crippen molar-refractivity contribution in [3.8, 4) is 0 Å². The van der Waals surface area contributed by atoms with Gasteiger partial charge in [-0.15, -0.1) is 5.10 Å². The van der Waals surface area contributed by atoms with Crippen LogP contribution in [0, 0.1) is 0 Å². The van der Waals surface area contributed by atoms with Crippen molar-refractivity contribution < 1.29 is 0 Å². The average molecular weight is 323 g/mol. The molecule has 7 nitrogen and oxygen atoms in total. The van der Waals surface area contributed by atoms with Gasteiger partial charge in [-0.3, -0.25) is 0 Å². The van der Waals surface area contributed by atoms with E-state index < -0.39 is 0 Å². The lowest BCUT2D eigenvalue weighted by molar-refractivity contribution is 0.374. The van der Waals surface area contributed by atoms with Crippen LogP contribution < -0.4 is 16.8 Å². The van der Waals surface area contributed by atoms with Gasteiger partial charge in [0.1, 0.15) is 0 Å². The molecule has 2 heterocycles. The highest BCUT2D eigenvalue weighted by molar-refractivity contribution is 5.64. The number of nitrogens with zero attached hydrogens (tertiary/aromatic N) is 4. The van der Waals surface area contributed by atoms with Gasteiger partial charge >= 0.3 is 0 Å². The van der Waals surface area contributed by atoms with Gasteiger partial charge in [0.05, 0.1) is 11.9 Å². The normalized spacial score (nSPS) is 21.0. The van der Waals surface area contributed by atoms with Gasteiger partial charge in [0.25, 0.3) is 0 Å². The van der Waals surface area contributed by atoms with Crippen LogP contribution in [0.25, 0.3) is 5.65 Å². The van der Waals surface area contributed by atoms with Gasteiger partial charge in [-0.2, -0.15) is 4.98 Å². The molecular formula is C17H21N7. The standard InChI is InChI=1S/C17H21N7/c18-13-9-5-4-8-12(13)14-10-20-15(19)16-22-17(23-24(14)16)21-11-6-2-1-3-7-11/h1-3,6-7,10,12-13H,4-5,8-9,18H2,(H2,19,20)(H,21,23). The first-order valence-corrected chi connectivity index (χ1v) is 8.31. The SMILES string of the molecule is Nc1ncc(C2CCCCC2N)n2nc(Nc3ccccc3)nc12. The van der Waals surface area contributed by atoms with Gasteiger partial charge in [-0.1, -0.05) is 31.0 Å². The number of fused-ring (bicyclic) bond motifs is 1. The number of aromatic nitrogens is 4. The summed E-state index contributed by atoms with van der Waals surface area (Å²) in [5, 5.41) is 7.80. The molecule has 1 fully saturated rings. The molecule has 1 aliphatic carbocycles. The Labute approximate surface area is 140 Å². The van der Waals surface area contributed by atoms with E-state index in [0.29, 0.717) is 17.4 Å². The van der Waals surface area contributed by atoms with Crippen LogP contribution in [-0.4, -0.2) is 25.6 Å². The summed E-state index contributed by atoms with van der Waals surface area (Å²) in [5.74, 6) is 1.11. The van der Waals surface area contributed by atoms with Crippen molar-refractivity contribution in [2.24, 2.45) is 5.73 Å². The van der Waals surface area contributed by atoms with Crippen molar-refractivity contribution in [2.45, 2.75) is 37.6 Å². The molecule has 0 saturated heterocycles. The minimum Gasteiger partial charge on any atom is -0.381 e. The second-order valence-corrected chi connectivity index (χ2v) is 6.28. The Morgan fingerprint density at radius 3 is 2.71 bits per heavy atom. The van der Waals surface area contributed by atoms with E-state index in [1.165, 1.54) is 12.8 Å². The number of anilines is 3. The molecule has 0 radical (unpaired) electrons. The number of benzene rings is 1. The summed E-state index contributed by atoms with van der Waals surface area (Å²) in [7, 11) is 0. The van der Waals surface area contributed by atoms with Crippen LogP contribution >= 0.6 is 0 Å². The van der Waals surface area contributed by atoms with Crippen LogP contribution in [0.3, 0.4) is 0 Å². The van der Waals surface area contributed by atoms with Crippen LogP contribution in [0.2, 0.25) is 0 Å². The monoisotopic (exact) mass is 323 g/mol. The molecular weight excluding hydrogens is 302 g/mol. The fourth-order valence-corrected chi connectivity index (χ4v) is 3.39. The Bertz CT molecular complexity index is 843. The number of nitrogens with one attached hydrogen (secondary N) is 1. The summed E-state index contributed by atoms with van der Waals surface area (Å²) < 4.78 is 1.80. The second-order valence-electron chi connectivity index (χ2n) is 6.28. The van der Waals surface area contributed by atoms with E-state index in [4.69, 9.17) is 11.5 Å². The number of nitrogens with two attached hydrogens (primary N) is 2. The van der Waals surface area contributed by atoms with Crippen LogP contribution in [0.4, 0.5) is 17.5 Å². The minimum absolute atomic E-state index is 0.127. The molecule has 4 rings (SSSR count). The molecule has 2 aromatic heterocycles. The first-order valence-electron chi connectivity index (χ1n) is 8.31. The molecule has 2 atom stereocenters. The molecule has 0 bridgehead atoms. The minimum atomic E-state index is 0.127. The highest BCUT2D eigenvalue weighted by Gasteiger charge is 2.27. The predicted octanol–water partition coefficient (Wildman–Crippen LogP) is 2.43. The number of hydrogen-bond donors (Lipinski definition) is 3. The third kappa shape index (κ3) is 2.67. The lowest BCUT2D eigenvalue weighted by Gasteiger charge is -2.28. The van der Waals surface area contributed by atoms with Crippen molar-refractivity contribution in [3.63, 3.8) is 0 Å². The topological polar surface area (TPSA) is 107 Å². The van der Waals surface area contributed by atoms with E-state index in [-0.39, 0.29) is 12.0 Å². The number of para-hydroxylation sites is 1. The summed E-state index contributed by atoms with van der Waals surface area (Å²) in [6.07, 6.45) is 6.22. The number of hydrogen-bond acceptors (Lipinski definition) is 6. The molecule has 24 heavy (non-hydrogen) atoms. The average Bonchev–Trinajstić information content (AvgIpc) is 3.02. The summed E-state index contributed by atoms with van der Waals surface area (Å²) >= 11 is 0. The fourth-order valence-electron chi connectivity index (χ4n) is 3.39. The first-order chi connectivity index (χ1) is 11.7. The molecule has 124 valence electrons. The lowest BCUT2D eigenvalue weighted by Crippen LogP contribution is -2.32. The van der Waals surface area contributed by atoms with Gasteiger partial charge in [0, 0.05) is 17.6 Å². The zero-order valence-corrected chi connectivity index (χ0v) is 13.4. The van der Waals surface area contributed by atoms with E-state index in [1.54, 1.807) is 10.7 Å². The third-order valence-electron chi connectivity index (χ3n) is 4.65. The quantitative estimate of drug-likeness (QED) is 0.683. The highest BCUT2D eigenvalue weighted by atomic mass is 15.4. The number of nitrogen functional groups attached to an aromatic ring is 1. The predicted molar refractivity (Wildman–Crippen MR) is 94.1 cm³/mol. The molecule has 2 unspecified atom stereocenters. The highest BCUT2D eigenvalue weighted by Crippen LogP contribution is 2.32. The fraction of sp³-hybridized carbons (Fsp3) is 0.353. The summed E-state index contributed by atoms with van der Waals surface area (Å²) in [6, 6.07) is 9.94. The summed E-state index contributed by atoms with van der Waals surface area (Å²) in [4.78, 5) is 8.81. The van der Waals surface area contributed by atoms with Gasteiger partial charge in [0.15, 0.2) is 11.5 Å². The maximum Gasteiger partial charge on any atom is 0.247 e. The number of rotatable bonds is 3. The smallest absolute Gasteiger partial charge is 0.247 e. The van der Waals surface area contributed by atoms with Crippen molar-refractivity contribution in [2.75, 3.05) is 11.1 Å². The van der Waals surface area contributed by atoms with E-state index in [2.05, 4.69) is 20.4 Å². The van der Waals surface area contributed by atoms with Crippen LogP contribution in [0.15, 0.2) is 36.5 Å². The van der Waals surface area contributed by atoms with Crippen molar-refractivity contribution in [1.82, 2.24) is 19.6 Å². The molecule has 0 aliphatic heterocycles. The molecule has 5 N–H and O–H groups in total. The van der Waals surface area contributed by atoms with Crippen LogP contribution in [0.5, 0.6) is 0 Å². The Balaban J connectivity index is 1.74. The molecule has 1 aromatic carbocycles. The molecule has 3 aromatic rings. The Kier molecular flexibility index (Phi) is 3.78. The van der Waals surface area contributed by atoms with Crippen molar-refractivity contribution in [1.29, 1.82) is 0 Å². The van der Waals surface area contributed by atoms with Crippen molar-refractivity contribution >= 4 is 23.1 Å². The molecule has 7 heteroatoms. The van der Waals surface area contributed by atoms with E-state index >= 15 is 0 Å². The maximum atomic E-state index is 6.33. The first kappa shape index (κ1) is 14.9. The largest absolute Gasteiger partial charge is 0.381 e. The lowest BCUT2D eigenvalue weighted by atomic mass is 9.83. The van der Waals surface area contributed by atoms with Crippen LogP contribution in [-0.2, 0) is 0 Å². The maximum absolute atomic E-state index is 6.33. The van der Waals surface area contributed by atoms with Gasteiger partial charge in [-0.25, -0.2) is 9.50 Å². The zero-order valence-electron chi connectivity index (χ0n) is 13.4. The van der Waals surface area contributed by atoms with Gasteiger partial charge in [0.2, 0.25) is 5.95 Å². The molecule has 0 spiro atoms. The van der Waals surface area contributed by atoms with Crippen LogP contribution in [0.1, 0.15) is 37.3 Å². The summed E-state index contributed by atoms with van der Waals surface area (Å²) in [5.41, 5.74) is 14.8. The second kappa shape index (κ2) is 6.09. The Morgan fingerprint density at radius 2 is 1.92 bits per heavy atom. The van der Waals surface area contributed by atoms with Crippen molar-refractivity contribution in [3.05, 3.63) is 42.2 Å². The van der Waals surface area contributed by atoms with E-state index in [1.807, 2.05) is 30.3 Å². The van der Waals surface area contributed by atoms with Gasteiger partial charge in [-0.05, 0) is 25.0 Å². The molecule has 0 amide bonds. The van der Waals surface area contributed by atoms with E-state index in [0.717, 1.165) is 24.2 Å². The molecule has 1 saturated carbocycles. The zero-order chi connectivity index (χ0) is 16.5.